The molecular weight excluding hydrogens is 338 g/mol. The van der Waals surface area contributed by atoms with Gasteiger partial charge < -0.3 is 10.6 Å². The first kappa shape index (κ1) is 16.9. The molecule has 0 bridgehead atoms. The molecule has 0 aliphatic carbocycles. The van der Waals surface area contributed by atoms with Crippen molar-refractivity contribution in [2.75, 3.05) is 5.32 Å². The van der Waals surface area contributed by atoms with Crippen molar-refractivity contribution in [3.05, 3.63) is 82.9 Å². The average Bonchev–Trinajstić information content (AvgIpc) is 2.67. The Kier molecular flexibility index (Phi) is 5.53. The van der Waals surface area contributed by atoms with Crippen molar-refractivity contribution in [1.82, 2.24) is 20.3 Å². The van der Waals surface area contributed by atoms with Gasteiger partial charge in [-0.15, -0.1) is 0 Å². The van der Waals surface area contributed by atoms with Crippen LogP contribution in [0.3, 0.4) is 0 Å². The topological polar surface area (TPSA) is 79.8 Å². The zero-order valence-corrected chi connectivity index (χ0v) is 14.1. The van der Waals surface area contributed by atoms with Crippen LogP contribution in [0.5, 0.6) is 0 Å². The van der Waals surface area contributed by atoms with E-state index in [0.29, 0.717) is 29.6 Å². The van der Waals surface area contributed by atoms with Crippen LogP contribution < -0.4 is 10.6 Å². The van der Waals surface area contributed by atoms with Gasteiger partial charge in [0, 0.05) is 42.9 Å². The van der Waals surface area contributed by atoms with Gasteiger partial charge in [-0.2, -0.15) is 0 Å². The monoisotopic (exact) mass is 353 g/mol. The number of nitrogens with zero attached hydrogens (tertiary/aromatic N) is 3. The third-order valence-electron chi connectivity index (χ3n) is 3.51. The molecule has 1 amide bonds. The quantitative estimate of drug-likeness (QED) is 0.712. The Morgan fingerprint density at radius 3 is 2.44 bits per heavy atom. The SMILES string of the molecule is O=C(NCc1ccccc1Cl)c1cnc(NCc2ccncc2)nc1. The molecule has 6 nitrogen and oxygen atoms in total. The van der Waals surface area contributed by atoms with E-state index in [1.807, 2.05) is 30.3 Å². The highest BCUT2D eigenvalue weighted by Crippen LogP contribution is 2.14. The number of benzene rings is 1. The number of carbonyl (C=O) groups is 1. The number of halogens is 1. The van der Waals surface area contributed by atoms with Crippen LogP contribution in [-0.2, 0) is 13.1 Å². The van der Waals surface area contributed by atoms with Gasteiger partial charge in [0.2, 0.25) is 5.95 Å². The fourth-order valence-corrected chi connectivity index (χ4v) is 2.34. The maximum Gasteiger partial charge on any atom is 0.254 e. The molecule has 3 rings (SSSR count). The Labute approximate surface area is 150 Å². The summed E-state index contributed by atoms with van der Waals surface area (Å²) in [5, 5.41) is 6.52. The van der Waals surface area contributed by atoms with Crippen molar-refractivity contribution in [2.24, 2.45) is 0 Å². The minimum atomic E-state index is -0.249. The second kappa shape index (κ2) is 8.21. The van der Waals surface area contributed by atoms with Crippen LogP contribution in [0.15, 0.2) is 61.2 Å². The maximum absolute atomic E-state index is 12.2. The summed E-state index contributed by atoms with van der Waals surface area (Å²) in [5.41, 5.74) is 2.32. The summed E-state index contributed by atoms with van der Waals surface area (Å²) in [6.07, 6.45) is 6.43. The van der Waals surface area contributed by atoms with Gasteiger partial charge >= 0.3 is 0 Å². The number of aromatic nitrogens is 3. The molecule has 126 valence electrons. The lowest BCUT2D eigenvalue weighted by Gasteiger charge is -2.08. The lowest BCUT2D eigenvalue weighted by Crippen LogP contribution is -2.23. The second-order valence-corrected chi connectivity index (χ2v) is 5.69. The first-order valence-electron chi connectivity index (χ1n) is 7.69. The van der Waals surface area contributed by atoms with Gasteiger partial charge in [-0.25, -0.2) is 9.97 Å². The summed E-state index contributed by atoms with van der Waals surface area (Å²) in [5.74, 6) is 0.208. The minimum absolute atomic E-state index is 0.249. The van der Waals surface area contributed by atoms with Gasteiger partial charge in [0.25, 0.3) is 5.91 Å². The summed E-state index contributed by atoms with van der Waals surface area (Å²) >= 11 is 6.07. The van der Waals surface area contributed by atoms with E-state index < -0.39 is 0 Å². The van der Waals surface area contributed by atoms with E-state index in [1.54, 1.807) is 18.5 Å². The van der Waals surface area contributed by atoms with Crippen molar-refractivity contribution in [1.29, 1.82) is 0 Å². The average molecular weight is 354 g/mol. The fourth-order valence-electron chi connectivity index (χ4n) is 2.14. The van der Waals surface area contributed by atoms with E-state index in [-0.39, 0.29) is 5.91 Å². The van der Waals surface area contributed by atoms with Gasteiger partial charge in [0.05, 0.1) is 5.56 Å². The molecule has 7 heteroatoms. The maximum atomic E-state index is 12.2. The molecule has 0 spiro atoms. The highest BCUT2D eigenvalue weighted by Gasteiger charge is 2.08. The van der Waals surface area contributed by atoms with Gasteiger partial charge in [0.15, 0.2) is 0 Å². The first-order chi connectivity index (χ1) is 12.2. The van der Waals surface area contributed by atoms with E-state index in [2.05, 4.69) is 25.6 Å². The molecular formula is C18H16ClN5O. The lowest BCUT2D eigenvalue weighted by molar-refractivity contribution is 0.0950. The van der Waals surface area contributed by atoms with E-state index in [4.69, 9.17) is 11.6 Å². The zero-order chi connectivity index (χ0) is 17.5. The van der Waals surface area contributed by atoms with Crippen molar-refractivity contribution in [3.63, 3.8) is 0 Å². The van der Waals surface area contributed by atoms with Gasteiger partial charge in [-0.05, 0) is 29.3 Å². The highest BCUT2D eigenvalue weighted by atomic mass is 35.5. The molecule has 0 aliphatic heterocycles. The van der Waals surface area contributed by atoms with E-state index >= 15 is 0 Å². The number of hydrogen-bond donors (Lipinski definition) is 2. The summed E-state index contributed by atoms with van der Waals surface area (Å²) in [6, 6.07) is 11.2. The Morgan fingerprint density at radius 1 is 1.00 bits per heavy atom. The van der Waals surface area contributed by atoms with Crippen LogP contribution in [0, 0.1) is 0 Å². The standard InChI is InChI=1S/C18H16ClN5O/c19-16-4-2-1-3-14(16)10-21-17(25)15-11-23-18(24-12-15)22-9-13-5-7-20-8-6-13/h1-8,11-12H,9-10H2,(H,21,25)(H,22,23,24). The molecule has 0 atom stereocenters. The minimum Gasteiger partial charge on any atom is -0.350 e. The molecule has 0 unspecified atom stereocenters. The molecule has 3 aromatic rings. The molecule has 1 aromatic carbocycles. The van der Waals surface area contributed by atoms with Crippen LogP contribution in [-0.4, -0.2) is 20.9 Å². The summed E-state index contributed by atoms with van der Waals surface area (Å²) in [4.78, 5) is 24.4. The van der Waals surface area contributed by atoms with Crippen LogP contribution in [0.1, 0.15) is 21.5 Å². The fraction of sp³-hybridized carbons (Fsp3) is 0.111. The molecule has 0 radical (unpaired) electrons. The molecule has 2 N–H and O–H groups in total. The number of pyridine rings is 1. The predicted octanol–water partition coefficient (Wildman–Crippen LogP) is 3.07. The van der Waals surface area contributed by atoms with Gasteiger partial charge in [-0.3, -0.25) is 9.78 Å². The summed E-state index contributed by atoms with van der Waals surface area (Å²) in [7, 11) is 0. The number of amides is 1. The Bertz CT molecular complexity index is 840. The molecule has 2 aromatic heterocycles. The van der Waals surface area contributed by atoms with Crippen molar-refractivity contribution in [3.8, 4) is 0 Å². The van der Waals surface area contributed by atoms with Crippen LogP contribution in [0.4, 0.5) is 5.95 Å². The predicted molar refractivity (Wildman–Crippen MR) is 96.2 cm³/mol. The molecule has 25 heavy (non-hydrogen) atoms. The van der Waals surface area contributed by atoms with E-state index in [1.165, 1.54) is 12.4 Å². The third kappa shape index (κ3) is 4.74. The molecule has 0 aliphatic rings. The lowest BCUT2D eigenvalue weighted by atomic mass is 10.2. The first-order valence-corrected chi connectivity index (χ1v) is 8.06. The number of rotatable bonds is 6. The Balaban J connectivity index is 1.54. The molecule has 0 saturated heterocycles. The Morgan fingerprint density at radius 2 is 1.72 bits per heavy atom. The largest absolute Gasteiger partial charge is 0.350 e. The van der Waals surface area contributed by atoms with E-state index in [9.17, 15) is 4.79 Å². The number of carbonyl (C=O) groups excluding carboxylic acids is 1. The second-order valence-electron chi connectivity index (χ2n) is 5.28. The molecule has 2 heterocycles. The third-order valence-corrected chi connectivity index (χ3v) is 3.88. The number of nitrogens with one attached hydrogen (secondary N) is 2. The normalized spacial score (nSPS) is 10.3. The van der Waals surface area contributed by atoms with Gasteiger partial charge in [0.1, 0.15) is 0 Å². The summed E-state index contributed by atoms with van der Waals surface area (Å²) < 4.78 is 0. The van der Waals surface area contributed by atoms with Crippen LogP contribution in [0.2, 0.25) is 5.02 Å². The smallest absolute Gasteiger partial charge is 0.254 e. The Hall–Kier alpha value is -2.99. The van der Waals surface area contributed by atoms with Crippen molar-refractivity contribution in [2.45, 2.75) is 13.1 Å². The van der Waals surface area contributed by atoms with Crippen molar-refractivity contribution < 1.29 is 4.79 Å². The van der Waals surface area contributed by atoms with Crippen LogP contribution >= 0.6 is 11.6 Å². The van der Waals surface area contributed by atoms with Gasteiger partial charge in [-0.1, -0.05) is 29.8 Å². The summed E-state index contributed by atoms with van der Waals surface area (Å²) in [6.45, 7) is 0.932. The highest BCUT2D eigenvalue weighted by molar-refractivity contribution is 6.31. The number of anilines is 1. The van der Waals surface area contributed by atoms with Crippen LogP contribution in [0.25, 0.3) is 0 Å². The number of hydrogen-bond acceptors (Lipinski definition) is 5. The zero-order valence-electron chi connectivity index (χ0n) is 13.3. The van der Waals surface area contributed by atoms with Crippen molar-refractivity contribution >= 4 is 23.5 Å². The van der Waals surface area contributed by atoms with E-state index in [0.717, 1.165) is 11.1 Å². The molecule has 0 saturated carbocycles. The molecule has 0 fully saturated rings.